The molecule has 4 rings (SSSR count). The van der Waals surface area contributed by atoms with E-state index in [0.29, 0.717) is 49.3 Å². The molecule has 2 fully saturated rings. The van der Waals surface area contributed by atoms with Crippen LogP contribution in [0.15, 0.2) is 24.3 Å². The van der Waals surface area contributed by atoms with E-state index in [9.17, 15) is 18.0 Å². The summed E-state index contributed by atoms with van der Waals surface area (Å²) in [7, 11) is 3.87. The number of nitrogens with zero attached hydrogens (tertiary/aromatic N) is 6. The molecule has 35 heavy (non-hydrogen) atoms. The van der Waals surface area contributed by atoms with Crippen molar-refractivity contribution in [2.75, 3.05) is 68.5 Å². The number of amides is 1. The third-order valence-electron chi connectivity index (χ3n) is 6.52. The Morgan fingerprint density at radius 2 is 1.51 bits per heavy atom. The fourth-order valence-electron chi connectivity index (χ4n) is 4.24. The average Bonchev–Trinajstić information content (AvgIpc) is 2.87. The Bertz CT molecular complexity index is 1000. The van der Waals surface area contributed by atoms with Gasteiger partial charge in [-0.25, -0.2) is 0 Å². The van der Waals surface area contributed by atoms with Crippen LogP contribution in [0, 0.1) is 5.92 Å². The number of hydrogen-bond donors (Lipinski definition) is 2. The Labute approximate surface area is 202 Å². The van der Waals surface area contributed by atoms with E-state index in [1.165, 1.54) is 12.1 Å². The highest BCUT2D eigenvalue weighted by Gasteiger charge is 2.30. The molecule has 0 atom stereocenters. The van der Waals surface area contributed by atoms with E-state index < -0.39 is 11.7 Å². The van der Waals surface area contributed by atoms with E-state index in [0.717, 1.165) is 38.3 Å². The van der Waals surface area contributed by atoms with E-state index in [4.69, 9.17) is 4.98 Å². The van der Waals surface area contributed by atoms with E-state index in [2.05, 4.69) is 42.3 Å². The minimum Gasteiger partial charge on any atom is -0.357 e. The van der Waals surface area contributed by atoms with E-state index in [-0.39, 0.29) is 18.4 Å². The van der Waals surface area contributed by atoms with Crippen LogP contribution in [-0.2, 0) is 17.5 Å². The number of anilines is 3. The first-order chi connectivity index (χ1) is 16.7. The number of piperazine rings is 1. The SMILES string of the molecule is CNc1nc(N2CCC(C(=O)NCc3ccc(C(F)(F)F)cc3)CC2)nc(N2CCN(C)CC2)n1. The van der Waals surface area contributed by atoms with Crippen molar-refractivity contribution in [2.24, 2.45) is 5.92 Å². The second-order valence-corrected chi connectivity index (χ2v) is 8.97. The summed E-state index contributed by atoms with van der Waals surface area (Å²) in [6.07, 6.45) is -3.08. The summed E-state index contributed by atoms with van der Waals surface area (Å²) in [5.41, 5.74) is -0.0690. The first-order valence-electron chi connectivity index (χ1n) is 11.8. The van der Waals surface area contributed by atoms with Crippen molar-refractivity contribution in [3.05, 3.63) is 35.4 Å². The zero-order chi connectivity index (χ0) is 25.0. The topological polar surface area (TPSA) is 89.5 Å². The first-order valence-corrected chi connectivity index (χ1v) is 11.8. The van der Waals surface area contributed by atoms with Gasteiger partial charge in [0, 0.05) is 58.8 Å². The van der Waals surface area contributed by atoms with Crippen molar-refractivity contribution >= 4 is 23.8 Å². The third-order valence-corrected chi connectivity index (χ3v) is 6.52. The van der Waals surface area contributed by atoms with Gasteiger partial charge in [0.1, 0.15) is 0 Å². The highest BCUT2D eigenvalue weighted by Crippen LogP contribution is 2.29. The van der Waals surface area contributed by atoms with Gasteiger partial charge in [-0.15, -0.1) is 0 Å². The molecule has 2 N–H and O–H groups in total. The molecule has 2 saturated heterocycles. The van der Waals surface area contributed by atoms with Gasteiger partial charge in [-0.05, 0) is 37.6 Å². The standard InChI is InChI=1S/C23H31F3N8O/c1-27-20-29-21(31-22(30-20)34-13-11-32(2)12-14-34)33-9-7-17(8-10-33)19(35)28-15-16-3-5-18(6-4-16)23(24,25)26/h3-6,17H,7-15H2,1-2H3,(H,28,35)(H,27,29,30,31). The van der Waals surface area contributed by atoms with Crippen LogP contribution in [0.25, 0.3) is 0 Å². The van der Waals surface area contributed by atoms with Crippen molar-refractivity contribution in [2.45, 2.75) is 25.6 Å². The fourth-order valence-corrected chi connectivity index (χ4v) is 4.24. The van der Waals surface area contributed by atoms with Gasteiger partial charge in [-0.3, -0.25) is 4.79 Å². The second kappa shape index (κ2) is 10.6. The number of rotatable bonds is 6. The summed E-state index contributed by atoms with van der Waals surface area (Å²) in [5, 5.41) is 5.87. The maximum atomic E-state index is 12.7. The molecule has 2 aliphatic heterocycles. The minimum atomic E-state index is -4.37. The minimum absolute atomic E-state index is 0.0887. The van der Waals surface area contributed by atoms with Gasteiger partial charge in [0.05, 0.1) is 5.56 Å². The smallest absolute Gasteiger partial charge is 0.357 e. The number of carbonyl (C=O) groups excluding carboxylic acids is 1. The molecule has 1 aromatic carbocycles. The number of alkyl halides is 3. The van der Waals surface area contributed by atoms with Crippen LogP contribution in [0.1, 0.15) is 24.0 Å². The number of halogens is 3. The molecule has 0 bridgehead atoms. The number of nitrogens with one attached hydrogen (secondary N) is 2. The fraction of sp³-hybridized carbons (Fsp3) is 0.565. The highest BCUT2D eigenvalue weighted by atomic mass is 19.4. The Kier molecular flexibility index (Phi) is 7.58. The van der Waals surface area contributed by atoms with Crippen LogP contribution in [0.2, 0.25) is 0 Å². The Morgan fingerprint density at radius 1 is 0.943 bits per heavy atom. The van der Waals surface area contributed by atoms with E-state index >= 15 is 0 Å². The summed E-state index contributed by atoms with van der Waals surface area (Å²) >= 11 is 0. The molecule has 2 aromatic rings. The number of piperidine rings is 1. The lowest BCUT2D eigenvalue weighted by molar-refractivity contribution is -0.137. The van der Waals surface area contributed by atoms with Crippen molar-refractivity contribution in [1.82, 2.24) is 25.2 Å². The number of benzene rings is 1. The normalized spacial score (nSPS) is 18.0. The molecule has 9 nitrogen and oxygen atoms in total. The molecule has 2 aliphatic rings. The van der Waals surface area contributed by atoms with E-state index in [1.807, 2.05) is 0 Å². The summed E-state index contributed by atoms with van der Waals surface area (Å²) in [6.45, 7) is 5.06. The lowest BCUT2D eigenvalue weighted by Crippen LogP contribution is -2.45. The van der Waals surface area contributed by atoms with Crippen LogP contribution < -0.4 is 20.4 Å². The predicted molar refractivity (Wildman–Crippen MR) is 127 cm³/mol. The van der Waals surface area contributed by atoms with Gasteiger partial charge in [0.25, 0.3) is 0 Å². The first kappa shape index (κ1) is 25.0. The lowest BCUT2D eigenvalue weighted by Gasteiger charge is -2.34. The molecule has 0 aliphatic carbocycles. The van der Waals surface area contributed by atoms with Crippen LogP contribution in [0.5, 0.6) is 0 Å². The maximum Gasteiger partial charge on any atom is 0.416 e. The summed E-state index contributed by atoms with van der Waals surface area (Å²) in [5.74, 6) is 1.52. The Hall–Kier alpha value is -3.15. The molecule has 1 aromatic heterocycles. The maximum absolute atomic E-state index is 12.7. The molecule has 3 heterocycles. The number of aromatic nitrogens is 3. The van der Waals surface area contributed by atoms with E-state index in [1.54, 1.807) is 7.05 Å². The third kappa shape index (κ3) is 6.30. The second-order valence-electron chi connectivity index (χ2n) is 8.97. The van der Waals surface area contributed by atoms with Gasteiger partial charge >= 0.3 is 6.18 Å². The van der Waals surface area contributed by atoms with Crippen molar-refractivity contribution < 1.29 is 18.0 Å². The van der Waals surface area contributed by atoms with Crippen molar-refractivity contribution in [3.8, 4) is 0 Å². The molecule has 0 radical (unpaired) electrons. The van der Waals surface area contributed by atoms with Gasteiger partial charge in [0.15, 0.2) is 0 Å². The van der Waals surface area contributed by atoms with Crippen LogP contribution >= 0.6 is 0 Å². The quantitative estimate of drug-likeness (QED) is 0.635. The van der Waals surface area contributed by atoms with Crippen LogP contribution in [0.4, 0.5) is 31.0 Å². The van der Waals surface area contributed by atoms with Gasteiger partial charge < -0.3 is 25.3 Å². The number of hydrogen-bond acceptors (Lipinski definition) is 8. The largest absolute Gasteiger partial charge is 0.416 e. The summed E-state index contributed by atoms with van der Waals surface area (Å²) in [4.78, 5) is 32.9. The average molecular weight is 493 g/mol. The Morgan fingerprint density at radius 3 is 2.06 bits per heavy atom. The lowest BCUT2D eigenvalue weighted by atomic mass is 9.96. The molecular weight excluding hydrogens is 461 g/mol. The molecule has 12 heteroatoms. The predicted octanol–water partition coefficient (Wildman–Crippen LogP) is 2.22. The van der Waals surface area contributed by atoms with Gasteiger partial charge in [-0.1, -0.05) is 12.1 Å². The molecule has 1 amide bonds. The van der Waals surface area contributed by atoms with Gasteiger partial charge in [-0.2, -0.15) is 28.1 Å². The molecular formula is C23H31F3N8O. The molecule has 190 valence electrons. The number of carbonyl (C=O) groups is 1. The number of likely N-dealkylation sites (N-methyl/N-ethyl adjacent to an activating group) is 1. The summed E-state index contributed by atoms with van der Waals surface area (Å²) in [6, 6.07) is 4.85. The van der Waals surface area contributed by atoms with Gasteiger partial charge in [0.2, 0.25) is 23.8 Å². The monoisotopic (exact) mass is 492 g/mol. The zero-order valence-corrected chi connectivity index (χ0v) is 20.0. The summed E-state index contributed by atoms with van der Waals surface area (Å²) < 4.78 is 38.1. The van der Waals surface area contributed by atoms with Crippen molar-refractivity contribution in [1.29, 1.82) is 0 Å². The van der Waals surface area contributed by atoms with Crippen LogP contribution in [-0.4, -0.2) is 79.1 Å². The molecule has 0 spiro atoms. The zero-order valence-electron chi connectivity index (χ0n) is 20.0. The van der Waals surface area contributed by atoms with Crippen molar-refractivity contribution in [3.63, 3.8) is 0 Å². The highest BCUT2D eigenvalue weighted by molar-refractivity contribution is 5.79. The molecule has 0 unspecified atom stereocenters. The Balaban J connectivity index is 1.31. The molecule has 0 saturated carbocycles. The van der Waals surface area contributed by atoms with Crippen LogP contribution in [0.3, 0.4) is 0 Å².